The first-order valence-corrected chi connectivity index (χ1v) is 4.70. The molecule has 1 aliphatic carbocycles. The normalized spacial score (nSPS) is 34.2. The summed E-state index contributed by atoms with van der Waals surface area (Å²) in [7, 11) is 0. The van der Waals surface area contributed by atoms with Gasteiger partial charge in [-0.05, 0) is 31.1 Å². The fraction of sp³-hybridized carbons (Fsp3) is 0.900. The first kappa shape index (κ1) is 8.10. The van der Waals surface area contributed by atoms with Crippen molar-refractivity contribution < 1.29 is 0 Å². The Bertz CT molecular complexity index is 66.0. The SMILES string of the molecule is CCC1[CH]CC(CC)CC1. The highest BCUT2D eigenvalue weighted by molar-refractivity contribution is 4.83. The lowest BCUT2D eigenvalue weighted by molar-refractivity contribution is 0.330. The molecule has 0 aromatic heterocycles. The largest absolute Gasteiger partial charge is 0.0651 e. The van der Waals surface area contributed by atoms with Crippen LogP contribution in [0, 0.1) is 18.3 Å². The van der Waals surface area contributed by atoms with E-state index in [0.717, 1.165) is 11.8 Å². The molecule has 0 aromatic rings. The summed E-state index contributed by atoms with van der Waals surface area (Å²) in [6.45, 7) is 4.61. The molecule has 0 amide bonds. The molecule has 1 saturated carbocycles. The van der Waals surface area contributed by atoms with Gasteiger partial charge in [-0.25, -0.2) is 0 Å². The summed E-state index contributed by atoms with van der Waals surface area (Å²) in [4.78, 5) is 0. The van der Waals surface area contributed by atoms with Crippen LogP contribution in [0.5, 0.6) is 0 Å². The van der Waals surface area contributed by atoms with Gasteiger partial charge in [-0.2, -0.15) is 0 Å². The minimum atomic E-state index is 0.947. The van der Waals surface area contributed by atoms with Gasteiger partial charge in [0, 0.05) is 0 Å². The van der Waals surface area contributed by atoms with Gasteiger partial charge in [0.05, 0.1) is 0 Å². The van der Waals surface area contributed by atoms with E-state index in [0.29, 0.717) is 0 Å². The highest BCUT2D eigenvalue weighted by Crippen LogP contribution is 2.31. The summed E-state index contributed by atoms with van der Waals surface area (Å²) in [5.74, 6) is 1.96. The maximum atomic E-state index is 2.54. The van der Waals surface area contributed by atoms with Crippen molar-refractivity contribution in [3.8, 4) is 0 Å². The zero-order valence-electron chi connectivity index (χ0n) is 7.27. The van der Waals surface area contributed by atoms with Crippen molar-refractivity contribution in [2.45, 2.75) is 46.0 Å². The Balaban J connectivity index is 2.17. The Morgan fingerprint density at radius 1 is 1.20 bits per heavy atom. The molecule has 0 bridgehead atoms. The van der Waals surface area contributed by atoms with Crippen LogP contribution in [0.15, 0.2) is 0 Å². The first-order valence-electron chi connectivity index (χ1n) is 4.70. The van der Waals surface area contributed by atoms with Crippen molar-refractivity contribution in [2.24, 2.45) is 11.8 Å². The lowest BCUT2D eigenvalue weighted by Crippen LogP contribution is -2.13. The van der Waals surface area contributed by atoms with E-state index in [1.807, 2.05) is 0 Å². The molecule has 1 radical (unpaired) electrons. The van der Waals surface area contributed by atoms with Gasteiger partial charge in [0.1, 0.15) is 0 Å². The van der Waals surface area contributed by atoms with Crippen LogP contribution in [-0.4, -0.2) is 0 Å². The van der Waals surface area contributed by atoms with Crippen molar-refractivity contribution in [1.29, 1.82) is 0 Å². The highest BCUT2D eigenvalue weighted by atomic mass is 14.2. The summed E-state index contributed by atoms with van der Waals surface area (Å²) >= 11 is 0. The van der Waals surface area contributed by atoms with Gasteiger partial charge in [-0.15, -0.1) is 0 Å². The number of rotatable bonds is 2. The molecule has 0 heterocycles. The minimum Gasteiger partial charge on any atom is -0.0651 e. The second-order valence-electron chi connectivity index (χ2n) is 3.49. The van der Waals surface area contributed by atoms with Crippen LogP contribution in [0.4, 0.5) is 0 Å². The average molecular weight is 139 g/mol. The van der Waals surface area contributed by atoms with Crippen LogP contribution >= 0.6 is 0 Å². The third-order valence-corrected chi connectivity index (χ3v) is 2.85. The van der Waals surface area contributed by atoms with E-state index >= 15 is 0 Å². The van der Waals surface area contributed by atoms with Gasteiger partial charge in [0.15, 0.2) is 0 Å². The van der Waals surface area contributed by atoms with E-state index in [4.69, 9.17) is 0 Å². The Hall–Kier alpha value is 0. The lowest BCUT2D eigenvalue weighted by Gasteiger charge is -2.26. The third kappa shape index (κ3) is 2.00. The molecule has 2 unspecified atom stereocenters. The Morgan fingerprint density at radius 3 is 2.40 bits per heavy atom. The summed E-state index contributed by atoms with van der Waals surface area (Å²) in [5, 5.41) is 0. The second kappa shape index (κ2) is 4.00. The summed E-state index contributed by atoms with van der Waals surface area (Å²) in [6.07, 6.45) is 9.59. The molecule has 0 aliphatic heterocycles. The van der Waals surface area contributed by atoms with Gasteiger partial charge >= 0.3 is 0 Å². The topological polar surface area (TPSA) is 0 Å². The van der Waals surface area contributed by atoms with E-state index in [2.05, 4.69) is 20.3 Å². The summed E-state index contributed by atoms with van der Waals surface area (Å²) in [5.41, 5.74) is 0. The van der Waals surface area contributed by atoms with Crippen LogP contribution in [0.2, 0.25) is 0 Å². The number of hydrogen-bond acceptors (Lipinski definition) is 0. The Kier molecular flexibility index (Phi) is 3.24. The standard InChI is InChI=1S/C10H19/c1-3-9-5-7-10(4-2)8-6-9/h5,9-10H,3-4,6-8H2,1-2H3. The molecule has 0 heteroatoms. The molecule has 0 aromatic carbocycles. The lowest BCUT2D eigenvalue weighted by atomic mass is 9.80. The maximum Gasteiger partial charge on any atom is -0.0352 e. The van der Waals surface area contributed by atoms with E-state index in [-0.39, 0.29) is 0 Å². The highest BCUT2D eigenvalue weighted by Gasteiger charge is 2.18. The van der Waals surface area contributed by atoms with Crippen molar-refractivity contribution in [2.75, 3.05) is 0 Å². The van der Waals surface area contributed by atoms with Gasteiger partial charge in [-0.1, -0.05) is 33.1 Å². The average Bonchev–Trinajstić information content (AvgIpc) is 2.05. The molecule has 0 nitrogen and oxygen atoms in total. The molecule has 59 valence electrons. The molecular weight excluding hydrogens is 120 g/mol. The minimum absolute atomic E-state index is 0.947. The predicted octanol–water partition coefficient (Wildman–Crippen LogP) is 3.43. The Morgan fingerprint density at radius 2 is 2.00 bits per heavy atom. The molecule has 1 fully saturated rings. The van der Waals surface area contributed by atoms with Crippen molar-refractivity contribution in [3.05, 3.63) is 6.42 Å². The van der Waals surface area contributed by atoms with E-state index in [1.54, 1.807) is 0 Å². The number of hydrogen-bond donors (Lipinski definition) is 0. The smallest absolute Gasteiger partial charge is 0.0352 e. The van der Waals surface area contributed by atoms with Gasteiger partial charge < -0.3 is 0 Å². The van der Waals surface area contributed by atoms with Crippen molar-refractivity contribution >= 4 is 0 Å². The molecule has 1 aliphatic rings. The van der Waals surface area contributed by atoms with Crippen LogP contribution in [-0.2, 0) is 0 Å². The van der Waals surface area contributed by atoms with Crippen LogP contribution in [0.3, 0.4) is 0 Å². The second-order valence-corrected chi connectivity index (χ2v) is 3.49. The van der Waals surface area contributed by atoms with Crippen molar-refractivity contribution in [3.63, 3.8) is 0 Å². The van der Waals surface area contributed by atoms with E-state index in [9.17, 15) is 0 Å². The zero-order valence-corrected chi connectivity index (χ0v) is 7.27. The van der Waals surface area contributed by atoms with E-state index < -0.39 is 0 Å². The van der Waals surface area contributed by atoms with Gasteiger partial charge in [0.2, 0.25) is 0 Å². The van der Waals surface area contributed by atoms with Crippen LogP contribution in [0.1, 0.15) is 46.0 Å². The van der Waals surface area contributed by atoms with Crippen LogP contribution < -0.4 is 0 Å². The van der Waals surface area contributed by atoms with Gasteiger partial charge in [0.25, 0.3) is 0 Å². The molecule has 0 spiro atoms. The first-order chi connectivity index (χ1) is 4.86. The molecule has 10 heavy (non-hydrogen) atoms. The molecule has 0 saturated heterocycles. The Labute approximate surface area is 65.0 Å². The van der Waals surface area contributed by atoms with Crippen molar-refractivity contribution in [1.82, 2.24) is 0 Å². The fourth-order valence-corrected chi connectivity index (χ4v) is 1.81. The summed E-state index contributed by atoms with van der Waals surface area (Å²) < 4.78 is 0. The van der Waals surface area contributed by atoms with Gasteiger partial charge in [-0.3, -0.25) is 0 Å². The molecular formula is C10H19. The van der Waals surface area contributed by atoms with E-state index in [1.165, 1.54) is 32.1 Å². The fourth-order valence-electron chi connectivity index (χ4n) is 1.81. The van der Waals surface area contributed by atoms with Crippen LogP contribution in [0.25, 0.3) is 0 Å². The molecule has 0 N–H and O–H groups in total. The maximum absolute atomic E-state index is 2.54. The summed E-state index contributed by atoms with van der Waals surface area (Å²) in [6, 6.07) is 0. The molecule has 2 atom stereocenters. The monoisotopic (exact) mass is 139 g/mol. The quantitative estimate of drug-likeness (QED) is 0.550. The third-order valence-electron chi connectivity index (χ3n) is 2.85. The zero-order chi connectivity index (χ0) is 7.40. The molecule has 1 rings (SSSR count). The predicted molar refractivity (Wildman–Crippen MR) is 45.7 cm³/mol.